The zero-order chi connectivity index (χ0) is 20.2. The van der Waals surface area contributed by atoms with Gasteiger partial charge in [0.1, 0.15) is 0 Å². The minimum absolute atomic E-state index is 0.0783. The number of non-ortho nitro benzene ring substituents is 1. The summed E-state index contributed by atoms with van der Waals surface area (Å²) in [5, 5.41) is 26.2. The number of anilines is 2. The Labute approximate surface area is 169 Å². The zero-order valence-electron chi connectivity index (χ0n) is 15.2. The number of nitrogens with one attached hydrogen (secondary N) is 2. The summed E-state index contributed by atoms with van der Waals surface area (Å²) in [4.78, 5) is 19.2. The molecule has 0 saturated heterocycles. The average Bonchev–Trinajstić information content (AvgIpc) is 3.17. The third kappa shape index (κ3) is 4.40. The molecule has 0 spiro atoms. The van der Waals surface area contributed by atoms with Crippen LogP contribution in [0, 0.1) is 10.1 Å². The van der Waals surface area contributed by atoms with Gasteiger partial charge in [-0.2, -0.15) is 10.1 Å². The van der Waals surface area contributed by atoms with Gasteiger partial charge in [0.05, 0.1) is 11.1 Å². The maximum atomic E-state index is 10.9. The molecule has 0 atom stereocenters. The number of aromatic nitrogens is 4. The van der Waals surface area contributed by atoms with Gasteiger partial charge in [0.15, 0.2) is 11.6 Å². The summed E-state index contributed by atoms with van der Waals surface area (Å²) in [5.74, 6) is 0.832. The minimum atomic E-state index is -0.496. The summed E-state index contributed by atoms with van der Waals surface area (Å²) in [7, 11) is 0. The molecule has 0 aliphatic heterocycles. The second kappa shape index (κ2) is 8.35. The number of nitro benzene ring substituents is 1. The molecule has 2 N–H and O–H groups in total. The molecule has 0 bridgehead atoms. The van der Waals surface area contributed by atoms with E-state index in [9.17, 15) is 10.1 Å². The molecule has 1 aliphatic carbocycles. The first-order valence-electron chi connectivity index (χ1n) is 9.10. The van der Waals surface area contributed by atoms with Crippen LogP contribution in [-0.2, 0) is 0 Å². The molecule has 2 aromatic heterocycles. The lowest BCUT2D eigenvalue weighted by atomic mass is 9.95. The highest BCUT2D eigenvalue weighted by molar-refractivity contribution is 6.33. The van der Waals surface area contributed by atoms with E-state index in [-0.39, 0.29) is 17.4 Å². The fourth-order valence-electron chi connectivity index (χ4n) is 3.16. The third-order valence-corrected chi connectivity index (χ3v) is 4.97. The minimum Gasteiger partial charge on any atom is -0.364 e. The Morgan fingerprint density at radius 1 is 1.17 bits per heavy atom. The molecule has 3 aromatic rings. The molecule has 29 heavy (non-hydrogen) atoms. The Bertz CT molecular complexity index is 1060. The highest BCUT2D eigenvalue weighted by atomic mass is 35.5. The zero-order valence-corrected chi connectivity index (χ0v) is 16.0. The molecule has 0 unspecified atom stereocenters. The fraction of sp³-hybridized carbons (Fsp3) is 0.353. The summed E-state index contributed by atoms with van der Waals surface area (Å²) in [6.07, 6.45) is 7.02. The lowest BCUT2D eigenvalue weighted by molar-refractivity contribution is -0.384. The van der Waals surface area contributed by atoms with E-state index in [2.05, 4.69) is 40.8 Å². The monoisotopic (exact) mass is 416 g/mol. The number of rotatable bonds is 6. The normalized spacial score (nSPS) is 15.1. The highest BCUT2D eigenvalue weighted by Gasteiger charge is 2.18. The van der Waals surface area contributed by atoms with Crippen molar-refractivity contribution in [2.24, 2.45) is 5.10 Å². The number of hydrazone groups is 1. The number of nitrogens with zero attached hydrogens (tertiary/aromatic N) is 6. The molecule has 1 aliphatic rings. The van der Waals surface area contributed by atoms with E-state index in [0.717, 1.165) is 25.7 Å². The van der Waals surface area contributed by atoms with Gasteiger partial charge in [0.25, 0.3) is 5.69 Å². The molecule has 11 nitrogen and oxygen atoms in total. The highest BCUT2D eigenvalue weighted by Crippen LogP contribution is 2.26. The van der Waals surface area contributed by atoms with E-state index in [1.165, 1.54) is 30.8 Å². The molecule has 2 heterocycles. The van der Waals surface area contributed by atoms with Gasteiger partial charge in [0, 0.05) is 28.8 Å². The number of hydrogen-bond donors (Lipinski definition) is 2. The molecule has 12 heteroatoms. The van der Waals surface area contributed by atoms with Gasteiger partial charge in [-0.25, -0.2) is 9.61 Å². The van der Waals surface area contributed by atoms with Gasteiger partial charge in [-0.05, 0) is 29.2 Å². The summed E-state index contributed by atoms with van der Waals surface area (Å²) in [6.45, 7) is 0. The van der Waals surface area contributed by atoms with E-state index < -0.39 is 4.92 Å². The van der Waals surface area contributed by atoms with Crippen molar-refractivity contribution in [3.05, 3.63) is 38.9 Å². The van der Waals surface area contributed by atoms with Crippen molar-refractivity contribution in [3.8, 4) is 0 Å². The van der Waals surface area contributed by atoms with Gasteiger partial charge in [-0.15, -0.1) is 0 Å². The number of fused-ring (bicyclic) bond motifs is 1. The lowest BCUT2D eigenvalue weighted by Gasteiger charge is -2.23. The second-order valence-corrected chi connectivity index (χ2v) is 7.05. The van der Waals surface area contributed by atoms with E-state index >= 15 is 0 Å². The Morgan fingerprint density at radius 3 is 2.62 bits per heavy atom. The van der Waals surface area contributed by atoms with Crippen LogP contribution in [0.25, 0.3) is 11.3 Å². The molecule has 1 saturated carbocycles. The van der Waals surface area contributed by atoms with E-state index in [0.29, 0.717) is 27.9 Å². The van der Waals surface area contributed by atoms with Crippen LogP contribution in [0.1, 0.15) is 37.7 Å². The van der Waals surface area contributed by atoms with Crippen molar-refractivity contribution in [1.29, 1.82) is 0 Å². The van der Waals surface area contributed by atoms with Crippen LogP contribution < -0.4 is 10.7 Å². The van der Waals surface area contributed by atoms with Gasteiger partial charge in [-0.1, -0.05) is 30.9 Å². The molecule has 4 rings (SSSR count). The largest absolute Gasteiger partial charge is 0.364 e. The van der Waals surface area contributed by atoms with Crippen molar-refractivity contribution < 1.29 is 9.55 Å². The summed E-state index contributed by atoms with van der Waals surface area (Å²) in [5.41, 5.74) is 3.65. The topological polar surface area (TPSA) is 144 Å². The van der Waals surface area contributed by atoms with E-state index in [1.54, 1.807) is 0 Å². The average molecular weight is 417 g/mol. The first-order valence-corrected chi connectivity index (χ1v) is 9.48. The SMILES string of the molecule is O=[N+]([O-])c1ccc(Cl)c(/C=N/Nc2nc3nonc3nc2NC2CCCCC2)c1. The van der Waals surface area contributed by atoms with Crippen molar-refractivity contribution >= 4 is 46.4 Å². The summed E-state index contributed by atoms with van der Waals surface area (Å²) in [6, 6.07) is 4.40. The first-order chi connectivity index (χ1) is 14.1. The quantitative estimate of drug-likeness (QED) is 0.348. The van der Waals surface area contributed by atoms with Gasteiger partial charge in [-0.3, -0.25) is 15.5 Å². The molecule has 0 amide bonds. The molecule has 0 radical (unpaired) electrons. The Balaban J connectivity index is 1.58. The molecular weight excluding hydrogens is 400 g/mol. The maximum absolute atomic E-state index is 10.9. The van der Waals surface area contributed by atoms with Crippen molar-refractivity contribution in [2.45, 2.75) is 38.1 Å². The van der Waals surface area contributed by atoms with E-state index in [4.69, 9.17) is 11.6 Å². The molecule has 1 aromatic carbocycles. The Hall–Kier alpha value is -3.34. The van der Waals surface area contributed by atoms with Crippen LogP contribution >= 0.6 is 11.6 Å². The van der Waals surface area contributed by atoms with Crippen LogP contribution in [0.3, 0.4) is 0 Å². The predicted octanol–water partition coefficient (Wildman–Crippen LogP) is 3.77. The van der Waals surface area contributed by atoms with Crippen molar-refractivity contribution in [3.63, 3.8) is 0 Å². The number of hydrogen-bond acceptors (Lipinski definition) is 10. The Kier molecular flexibility index (Phi) is 5.47. The van der Waals surface area contributed by atoms with Crippen LogP contribution in [0.15, 0.2) is 27.9 Å². The van der Waals surface area contributed by atoms with E-state index in [1.807, 2.05) is 0 Å². The van der Waals surface area contributed by atoms with Gasteiger partial charge in [0.2, 0.25) is 11.3 Å². The van der Waals surface area contributed by atoms with Gasteiger partial charge >= 0.3 is 0 Å². The summed E-state index contributed by atoms with van der Waals surface area (Å²) < 4.78 is 4.69. The second-order valence-electron chi connectivity index (χ2n) is 6.64. The fourth-order valence-corrected chi connectivity index (χ4v) is 3.33. The molecular formula is C17H17ClN8O3. The predicted molar refractivity (Wildman–Crippen MR) is 107 cm³/mol. The van der Waals surface area contributed by atoms with Gasteiger partial charge < -0.3 is 5.32 Å². The van der Waals surface area contributed by atoms with Crippen LogP contribution in [0.5, 0.6) is 0 Å². The molecule has 1 fully saturated rings. The summed E-state index contributed by atoms with van der Waals surface area (Å²) >= 11 is 6.09. The lowest BCUT2D eigenvalue weighted by Crippen LogP contribution is -2.23. The standard InChI is InChI=1S/C17H17ClN8O3/c18-13-7-6-12(26(27)28)8-10(13)9-19-23-15-14(20-11-4-2-1-3-5-11)21-16-17(22-15)25-29-24-16/h6-9,11H,1-5H2,(H,20,21,24)(H,22,23,25)/b19-9+. The van der Waals surface area contributed by atoms with Crippen molar-refractivity contribution in [2.75, 3.05) is 10.7 Å². The maximum Gasteiger partial charge on any atom is 0.270 e. The first kappa shape index (κ1) is 19.0. The number of halogens is 1. The number of benzene rings is 1. The van der Waals surface area contributed by atoms with Crippen LogP contribution in [0.2, 0.25) is 5.02 Å². The Morgan fingerprint density at radius 2 is 1.90 bits per heavy atom. The smallest absolute Gasteiger partial charge is 0.270 e. The van der Waals surface area contributed by atoms with Crippen LogP contribution in [0.4, 0.5) is 17.3 Å². The molecule has 150 valence electrons. The van der Waals surface area contributed by atoms with Crippen molar-refractivity contribution in [1.82, 2.24) is 20.3 Å². The third-order valence-electron chi connectivity index (χ3n) is 4.62. The van der Waals surface area contributed by atoms with Crippen LogP contribution in [-0.4, -0.2) is 37.5 Å². The number of nitro groups is 1.